The summed E-state index contributed by atoms with van der Waals surface area (Å²) >= 11 is 0. The molecule has 0 aliphatic heterocycles. The third kappa shape index (κ3) is 9.95. The Balaban J connectivity index is 0.00000676. The Morgan fingerprint density at radius 3 is 2.44 bits per heavy atom. The van der Waals surface area contributed by atoms with E-state index in [0.717, 1.165) is 32.0 Å². The molecule has 0 bridgehead atoms. The van der Waals surface area contributed by atoms with Crippen LogP contribution in [-0.2, 0) is 11.3 Å². The monoisotopic (exact) mass is 489 g/mol. The second-order valence-corrected chi connectivity index (χ2v) is 7.41. The van der Waals surface area contributed by atoms with Crippen LogP contribution < -0.4 is 16.4 Å². The largest absolute Gasteiger partial charge is 0.369 e. The molecule has 0 heterocycles. The standard InChI is InChI=1S/C20H35N5O.HI/c1-6-22-19(24-15-20(3,4)18(21)26)23-13-12-16(2)25(5)14-17-10-8-7-9-11-17;/h7-11,16H,6,12-15H2,1-5H3,(H2,21,26)(H2,22,23,24);1H. The molecule has 1 rings (SSSR count). The molecule has 0 aliphatic rings. The Morgan fingerprint density at radius 1 is 1.26 bits per heavy atom. The number of hydrogen-bond donors (Lipinski definition) is 3. The SMILES string of the molecule is CCNC(=NCC(C)(C)C(N)=O)NCCC(C)N(C)Cc1ccccc1.I. The highest BCUT2D eigenvalue weighted by Gasteiger charge is 2.24. The van der Waals surface area contributed by atoms with Gasteiger partial charge in [-0.05, 0) is 46.7 Å². The number of nitrogens with two attached hydrogens (primary N) is 1. The van der Waals surface area contributed by atoms with Gasteiger partial charge in [0.2, 0.25) is 5.91 Å². The van der Waals surface area contributed by atoms with Crippen LogP contribution in [0.1, 0.15) is 39.7 Å². The molecule has 7 heteroatoms. The van der Waals surface area contributed by atoms with Gasteiger partial charge >= 0.3 is 0 Å². The van der Waals surface area contributed by atoms with Gasteiger partial charge in [-0.2, -0.15) is 0 Å². The van der Waals surface area contributed by atoms with Crippen LogP contribution >= 0.6 is 24.0 Å². The van der Waals surface area contributed by atoms with Gasteiger partial charge in [0.25, 0.3) is 0 Å². The predicted molar refractivity (Wildman–Crippen MR) is 124 cm³/mol. The average molecular weight is 489 g/mol. The minimum atomic E-state index is -0.647. The zero-order chi connectivity index (χ0) is 19.6. The minimum absolute atomic E-state index is 0. The van der Waals surface area contributed by atoms with Crippen LogP contribution in [0.3, 0.4) is 0 Å². The molecule has 1 amide bonds. The van der Waals surface area contributed by atoms with Gasteiger partial charge in [0.15, 0.2) is 5.96 Å². The number of nitrogens with zero attached hydrogens (tertiary/aromatic N) is 2. The fraction of sp³-hybridized carbons (Fsp3) is 0.600. The molecule has 0 fully saturated rings. The summed E-state index contributed by atoms with van der Waals surface area (Å²) in [4.78, 5) is 18.3. The predicted octanol–water partition coefficient (Wildman–Crippen LogP) is 2.58. The lowest BCUT2D eigenvalue weighted by Gasteiger charge is -2.25. The van der Waals surface area contributed by atoms with Crippen molar-refractivity contribution in [3.05, 3.63) is 35.9 Å². The molecule has 1 atom stereocenters. The number of guanidine groups is 1. The number of primary amides is 1. The van der Waals surface area contributed by atoms with Gasteiger partial charge in [-0.15, -0.1) is 24.0 Å². The smallest absolute Gasteiger partial charge is 0.224 e. The second kappa shape index (κ2) is 12.9. The molecule has 0 spiro atoms. The van der Waals surface area contributed by atoms with Crippen molar-refractivity contribution < 1.29 is 4.79 Å². The molecule has 1 aromatic carbocycles. The van der Waals surface area contributed by atoms with Crippen LogP contribution in [0.25, 0.3) is 0 Å². The van der Waals surface area contributed by atoms with Gasteiger partial charge in [-0.25, -0.2) is 0 Å². The number of carbonyl (C=O) groups is 1. The highest BCUT2D eigenvalue weighted by Crippen LogP contribution is 2.14. The number of amides is 1. The topological polar surface area (TPSA) is 82.7 Å². The molecular weight excluding hydrogens is 453 g/mol. The lowest BCUT2D eigenvalue weighted by atomic mass is 9.93. The van der Waals surface area contributed by atoms with E-state index in [1.165, 1.54) is 5.56 Å². The molecule has 6 nitrogen and oxygen atoms in total. The Bertz CT molecular complexity index is 577. The first-order valence-electron chi connectivity index (χ1n) is 9.32. The zero-order valence-corrected chi connectivity index (χ0v) is 19.6. The summed E-state index contributed by atoms with van der Waals surface area (Å²) in [5.41, 5.74) is 6.08. The lowest BCUT2D eigenvalue weighted by molar-refractivity contribution is -0.125. The number of hydrogen-bond acceptors (Lipinski definition) is 3. The summed E-state index contributed by atoms with van der Waals surface area (Å²) < 4.78 is 0. The summed E-state index contributed by atoms with van der Waals surface area (Å²) in [6.45, 7) is 10.7. The van der Waals surface area contributed by atoms with Crippen molar-refractivity contribution in [1.82, 2.24) is 15.5 Å². The van der Waals surface area contributed by atoms with Crippen LogP contribution in [0, 0.1) is 5.41 Å². The Morgan fingerprint density at radius 2 is 1.89 bits per heavy atom. The molecule has 27 heavy (non-hydrogen) atoms. The number of aliphatic imine (C=N–C) groups is 1. The first-order chi connectivity index (χ1) is 12.3. The van der Waals surface area contributed by atoms with Crippen LogP contribution in [0.2, 0.25) is 0 Å². The molecular formula is C20H36IN5O. The van der Waals surface area contributed by atoms with Gasteiger partial charge in [0.05, 0.1) is 12.0 Å². The molecule has 0 radical (unpaired) electrons. The average Bonchev–Trinajstić information content (AvgIpc) is 2.60. The number of benzene rings is 1. The van der Waals surface area contributed by atoms with Gasteiger partial charge in [-0.3, -0.25) is 14.7 Å². The van der Waals surface area contributed by atoms with Crippen molar-refractivity contribution in [3.8, 4) is 0 Å². The molecule has 154 valence electrons. The minimum Gasteiger partial charge on any atom is -0.369 e. The van der Waals surface area contributed by atoms with E-state index in [4.69, 9.17) is 5.73 Å². The Labute approximate surface area is 181 Å². The van der Waals surface area contributed by atoms with Crippen LogP contribution in [0.4, 0.5) is 0 Å². The van der Waals surface area contributed by atoms with Crippen molar-refractivity contribution in [2.24, 2.45) is 16.1 Å². The maximum absolute atomic E-state index is 11.4. The normalized spacial score (nSPS) is 13.0. The van der Waals surface area contributed by atoms with E-state index in [2.05, 4.69) is 58.8 Å². The van der Waals surface area contributed by atoms with E-state index in [0.29, 0.717) is 12.6 Å². The molecule has 0 saturated carbocycles. The number of nitrogens with one attached hydrogen (secondary N) is 2. The van der Waals surface area contributed by atoms with E-state index < -0.39 is 5.41 Å². The van der Waals surface area contributed by atoms with Crippen molar-refractivity contribution in [2.75, 3.05) is 26.7 Å². The number of carbonyl (C=O) groups excluding carboxylic acids is 1. The van der Waals surface area contributed by atoms with Crippen LogP contribution in [0.5, 0.6) is 0 Å². The van der Waals surface area contributed by atoms with E-state index >= 15 is 0 Å². The molecule has 0 aliphatic carbocycles. The fourth-order valence-corrected chi connectivity index (χ4v) is 2.34. The van der Waals surface area contributed by atoms with E-state index in [1.54, 1.807) is 0 Å². The van der Waals surface area contributed by atoms with Crippen molar-refractivity contribution in [3.63, 3.8) is 0 Å². The fourth-order valence-electron chi connectivity index (χ4n) is 2.34. The van der Waals surface area contributed by atoms with Gasteiger partial charge in [0, 0.05) is 25.7 Å². The van der Waals surface area contributed by atoms with Crippen LogP contribution in [-0.4, -0.2) is 49.5 Å². The highest BCUT2D eigenvalue weighted by molar-refractivity contribution is 14.0. The third-order valence-electron chi connectivity index (χ3n) is 4.53. The first kappa shape index (κ1) is 25.6. The summed E-state index contributed by atoms with van der Waals surface area (Å²) in [5.74, 6) is 0.382. The van der Waals surface area contributed by atoms with E-state index in [9.17, 15) is 4.79 Å². The molecule has 0 aromatic heterocycles. The maximum atomic E-state index is 11.4. The number of halogens is 1. The lowest BCUT2D eigenvalue weighted by Crippen LogP contribution is -2.41. The van der Waals surface area contributed by atoms with Gasteiger partial charge in [-0.1, -0.05) is 30.3 Å². The highest BCUT2D eigenvalue weighted by atomic mass is 127. The summed E-state index contributed by atoms with van der Waals surface area (Å²) in [6.07, 6.45) is 0.993. The zero-order valence-electron chi connectivity index (χ0n) is 17.3. The first-order valence-corrected chi connectivity index (χ1v) is 9.32. The molecule has 1 aromatic rings. The summed E-state index contributed by atoms with van der Waals surface area (Å²) in [5, 5.41) is 6.55. The van der Waals surface area contributed by atoms with E-state index in [1.807, 2.05) is 26.8 Å². The van der Waals surface area contributed by atoms with Crippen molar-refractivity contribution in [2.45, 2.75) is 46.7 Å². The summed E-state index contributed by atoms with van der Waals surface area (Å²) in [6, 6.07) is 10.9. The quantitative estimate of drug-likeness (QED) is 0.268. The number of rotatable bonds is 10. The second-order valence-electron chi connectivity index (χ2n) is 7.41. The molecule has 0 saturated heterocycles. The van der Waals surface area contributed by atoms with Crippen LogP contribution in [0.15, 0.2) is 35.3 Å². The molecule has 4 N–H and O–H groups in total. The maximum Gasteiger partial charge on any atom is 0.224 e. The van der Waals surface area contributed by atoms with Crippen molar-refractivity contribution in [1.29, 1.82) is 0 Å². The van der Waals surface area contributed by atoms with E-state index in [-0.39, 0.29) is 29.9 Å². The molecule has 1 unspecified atom stereocenters. The van der Waals surface area contributed by atoms with Gasteiger partial charge in [0.1, 0.15) is 0 Å². The Hall–Kier alpha value is -1.35. The third-order valence-corrected chi connectivity index (χ3v) is 4.53. The summed E-state index contributed by atoms with van der Waals surface area (Å²) in [7, 11) is 2.15. The van der Waals surface area contributed by atoms with Gasteiger partial charge < -0.3 is 16.4 Å². The Kier molecular flexibility index (Phi) is 12.3. The van der Waals surface area contributed by atoms with Crippen molar-refractivity contribution >= 4 is 35.8 Å².